The van der Waals surface area contributed by atoms with Gasteiger partial charge in [-0.2, -0.15) is 0 Å². The molecule has 3 rings (SSSR count). The highest BCUT2D eigenvalue weighted by Gasteiger charge is 2.44. The average Bonchev–Trinajstić information content (AvgIpc) is 2.98. The number of carbonyl (C=O) groups excluding carboxylic acids is 1. The lowest BCUT2D eigenvalue weighted by atomic mass is 9.81. The van der Waals surface area contributed by atoms with Crippen LogP contribution >= 0.6 is 0 Å². The molecule has 2 bridgehead atoms. The maximum Gasteiger partial charge on any atom is 0.217 e. The third-order valence-corrected chi connectivity index (χ3v) is 4.41. The standard InChI is InChI=1S/C13H22N2O/c1-9(16)14-10-7-12-3-2-4-13(8-10)15(12)11-5-6-11/h10-13H,2-8H2,1H3,(H,14,16)/t10?,12-,13+. The first-order chi connectivity index (χ1) is 7.74. The van der Waals surface area contributed by atoms with E-state index in [0.29, 0.717) is 6.04 Å². The molecule has 0 aromatic heterocycles. The summed E-state index contributed by atoms with van der Waals surface area (Å²) in [7, 11) is 0. The van der Waals surface area contributed by atoms with E-state index in [1.165, 1.54) is 44.9 Å². The minimum Gasteiger partial charge on any atom is -0.353 e. The fraction of sp³-hybridized carbons (Fsp3) is 0.923. The van der Waals surface area contributed by atoms with Crippen molar-refractivity contribution < 1.29 is 4.79 Å². The molecule has 3 heteroatoms. The smallest absolute Gasteiger partial charge is 0.217 e. The van der Waals surface area contributed by atoms with Gasteiger partial charge in [-0.3, -0.25) is 9.69 Å². The highest BCUT2D eigenvalue weighted by molar-refractivity contribution is 5.73. The molecule has 2 saturated heterocycles. The second-order valence-corrected chi connectivity index (χ2v) is 5.79. The van der Waals surface area contributed by atoms with E-state index in [-0.39, 0.29) is 5.91 Å². The molecule has 0 aromatic carbocycles. The van der Waals surface area contributed by atoms with Crippen LogP contribution in [0.15, 0.2) is 0 Å². The van der Waals surface area contributed by atoms with Crippen LogP contribution in [0.5, 0.6) is 0 Å². The van der Waals surface area contributed by atoms with E-state index < -0.39 is 0 Å². The zero-order valence-corrected chi connectivity index (χ0v) is 10.1. The number of nitrogens with one attached hydrogen (secondary N) is 1. The normalized spacial score (nSPS) is 39.4. The molecular formula is C13H22N2O. The van der Waals surface area contributed by atoms with Gasteiger partial charge in [-0.15, -0.1) is 0 Å². The number of rotatable bonds is 2. The van der Waals surface area contributed by atoms with Crippen LogP contribution in [0.2, 0.25) is 0 Å². The molecule has 0 spiro atoms. The minimum atomic E-state index is 0.142. The monoisotopic (exact) mass is 222 g/mol. The third-order valence-electron chi connectivity index (χ3n) is 4.41. The Kier molecular flexibility index (Phi) is 2.66. The number of amides is 1. The molecular weight excluding hydrogens is 200 g/mol. The van der Waals surface area contributed by atoms with E-state index in [1.54, 1.807) is 6.92 Å². The van der Waals surface area contributed by atoms with Crippen molar-refractivity contribution in [1.82, 2.24) is 10.2 Å². The van der Waals surface area contributed by atoms with Crippen LogP contribution in [0.25, 0.3) is 0 Å². The molecule has 1 unspecified atom stereocenters. The number of carbonyl (C=O) groups is 1. The summed E-state index contributed by atoms with van der Waals surface area (Å²) in [5, 5.41) is 3.12. The number of hydrogen-bond donors (Lipinski definition) is 1. The maximum absolute atomic E-state index is 11.1. The average molecular weight is 222 g/mol. The number of nitrogens with zero attached hydrogens (tertiary/aromatic N) is 1. The van der Waals surface area contributed by atoms with Crippen molar-refractivity contribution in [2.24, 2.45) is 0 Å². The van der Waals surface area contributed by atoms with Crippen molar-refractivity contribution in [1.29, 1.82) is 0 Å². The molecule has 1 aliphatic carbocycles. The highest BCUT2D eigenvalue weighted by Crippen LogP contribution is 2.41. The Morgan fingerprint density at radius 3 is 2.19 bits per heavy atom. The lowest BCUT2D eigenvalue weighted by Gasteiger charge is -2.49. The molecule has 1 amide bonds. The third kappa shape index (κ3) is 1.97. The summed E-state index contributed by atoms with van der Waals surface area (Å²) in [6.45, 7) is 1.64. The van der Waals surface area contributed by atoms with Crippen molar-refractivity contribution >= 4 is 5.91 Å². The second kappa shape index (κ2) is 4.02. The molecule has 0 aromatic rings. The van der Waals surface area contributed by atoms with Gasteiger partial charge in [0, 0.05) is 31.1 Å². The Balaban J connectivity index is 1.68. The van der Waals surface area contributed by atoms with E-state index in [4.69, 9.17) is 0 Å². The number of fused-ring (bicyclic) bond motifs is 2. The second-order valence-electron chi connectivity index (χ2n) is 5.79. The fourth-order valence-corrected chi connectivity index (χ4v) is 3.79. The predicted molar refractivity (Wildman–Crippen MR) is 63.1 cm³/mol. The Morgan fingerprint density at radius 2 is 1.69 bits per heavy atom. The lowest BCUT2D eigenvalue weighted by molar-refractivity contribution is -0.120. The quantitative estimate of drug-likeness (QED) is 0.771. The SMILES string of the molecule is CC(=O)NC1C[C@H]2CCC[C@@H](C1)N2C1CC1. The van der Waals surface area contributed by atoms with Crippen LogP contribution < -0.4 is 5.32 Å². The van der Waals surface area contributed by atoms with Gasteiger partial charge in [0.15, 0.2) is 0 Å². The maximum atomic E-state index is 11.1. The summed E-state index contributed by atoms with van der Waals surface area (Å²) < 4.78 is 0. The first-order valence-electron chi connectivity index (χ1n) is 6.78. The Hall–Kier alpha value is -0.570. The predicted octanol–water partition coefficient (Wildman–Crippen LogP) is 1.67. The Labute approximate surface area is 97.6 Å². The topological polar surface area (TPSA) is 32.3 Å². The van der Waals surface area contributed by atoms with Gasteiger partial charge in [0.25, 0.3) is 0 Å². The number of hydrogen-bond acceptors (Lipinski definition) is 2. The van der Waals surface area contributed by atoms with E-state index in [0.717, 1.165) is 18.1 Å². The summed E-state index contributed by atoms with van der Waals surface area (Å²) in [5.74, 6) is 0.142. The van der Waals surface area contributed by atoms with E-state index in [9.17, 15) is 4.79 Å². The zero-order chi connectivity index (χ0) is 11.1. The van der Waals surface area contributed by atoms with Gasteiger partial charge in [-0.05, 0) is 38.5 Å². The van der Waals surface area contributed by atoms with Crippen molar-refractivity contribution in [3.05, 3.63) is 0 Å². The largest absolute Gasteiger partial charge is 0.353 e. The Morgan fingerprint density at radius 1 is 1.06 bits per heavy atom. The van der Waals surface area contributed by atoms with E-state index in [1.807, 2.05) is 0 Å². The molecule has 90 valence electrons. The van der Waals surface area contributed by atoms with Crippen LogP contribution in [-0.2, 0) is 4.79 Å². The lowest BCUT2D eigenvalue weighted by Crippen LogP contribution is -2.57. The number of piperidine rings is 2. The van der Waals surface area contributed by atoms with Crippen molar-refractivity contribution in [2.75, 3.05) is 0 Å². The van der Waals surface area contributed by atoms with E-state index in [2.05, 4.69) is 10.2 Å². The highest BCUT2D eigenvalue weighted by atomic mass is 16.1. The first-order valence-corrected chi connectivity index (χ1v) is 6.78. The van der Waals surface area contributed by atoms with Crippen LogP contribution in [0.4, 0.5) is 0 Å². The van der Waals surface area contributed by atoms with Gasteiger partial charge >= 0.3 is 0 Å². The summed E-state index contributed by atoms with van der Waals surface area (Å²) in [6, 6.07) is 2.87. The van der Waals surface area contributed by atoms with Crippen LogP contribution in [0.3, 0.4) is 0 Å². The van der Waals surface area contributed by atoms with Gasteiger partial charge in [0.05, 0.1) is 0 Å². The molecule has 2 aliphatic heterocycles. The molecule has 0 radical (unpaired) electrons. The van der Waals surface area contributed by atoms with Crippen molar-refractivity contribution in [3.63, 3.8) is 0 Å². The molecule has 3 atom stereocenters. The summed E-state index contributed by atoms with van der Waals surface area (Å²) in [4.78, 5) is 13.9. The molecule has 3 fully saturated rings. The summed E-state index contributed by atoms with van der Waals surface area (Å²) in [6.07, 6.45) is 9.30. The fourth-order valence-electron chi connectivity index (χ4n) is 3.79. The molecule has 1 saturated carbocycles. The zero-order valence-electron chi connectivity index (χ0n) is 10.1. The summed E-state index contributed by atoms with van der Waals surface area (Å²) >= 11 is 0. The molecule has 3 nitrogen and oxygen atoms in total. The van der Waals surface area contributed by atoms with E-state index >= 15 is 0 Å². The van der Waals surface area contributed by atoms with Crippen molar-refractivity contribution in [2.45, 2.75) is 76.0 Å². The van der Waals surface area contributed by atoms with Crippen molar-refractivity contribution in [3.8, 4) is 0 Å². The van der Waals surface area contributed by atoms with Gasteiger partial charge in [-0.1, -0.05) is 6.42 Å². The molecule has 1 N–H and O–H groups in total. The molecule has 3 aliphatic rings. The van der Waals surface area contributed by atoms with Crippen LogP contribution in [0.1, 0.15) is 51.9 Å². The van der Waals surface area contributed by atoms with Gasteiger partial charge < -0.3 is 5.32 Å². The molecule has 16 heavy (non-hydrogen) atoms. The van der Waals surface area contributed by atoms with Gasteiger partial charge in [-0.25, -0.2) is 0 Å². The van der Waals surface area contributed by atoms with Crippen LogP contribution in [0, 0.1) is 0 Å². The first kappa shape index (κ1) is 10.6. The van der Waals surface area contributed by atoms with Gasteiger partial charge in [0.1, 0.15) is 0 Å². The van der Waals surface area contributed by atoms with Gasteiger partial charge in [0.2, 0.25) is 5.91 Å². The Bertz CT molecular complexity index is 274. The molecule has 2 heterocycles. The summed E-state index contributed by atoms with van der Waals surface area (Å²) in [5.41, 5.74) is 0. The van der Waals surface area contributed by atoms with Crippen LogP contribution in [-0.4, -0.2) is 35.0 Å². The minimum absolute atomic E-state index is 0.142.